The van der Waals surface area contributed by atoms with Crippen molar-refractivity contribution in [2.24, 2.45) is 0 Å². The number of para-hydroxylation sites is 1. The van der Waals surface area contributed by atoms with Crippen LogP contribution in [0.1, 0.15) is 12.8 Å². The number of rotatable bonds is 10. The third kappa shape index (κ3) is 9.61. The molecule has 21 heavy (non-hydrogen) atoms. The van der Waals surface area contributed by atoms with Crippen molar-refractivity contribution in [2.45, 2.75) is 12.8 Å². The van der Waals surface area contributed by atoms with Gasteiger partial charge >= 0.3 is 6.09 Å². The van der Waals surface area contributed by atoms with Gasteiger partial charge in [-0.2, -0.15) is 0 Å². The number of carbonyl (C=O) groups is 1. The molecule has 0 atom stereocenters. The van der Waals surface area contributed by atoms with E-state index >= 15 is 0 Å². The van der Waals surface area contributed by atoms with Crippen LogP contribution in [0.25, 0.3) is 0 Å². The maximum atomic E-state index is 11.4. The van der Waals surface area contributed by atoms with Gasteiger partial charge in [-0.05, 0) is 25.0 Å². The molecule has 1 rings (SSSR count). The van der Waals surface area contributed by atoms with Crippen LogP contribution < -0.4 is 15.6 Å². The van der Waals surface area contributed by atoms with E-state index in [1.165, 1.54) is 0 Å². The predicted octanol–water partition coefficient (Wildman–Crippen LogP) is 2.24. The second-order valence-corrected chi connectivity index (χ2v) is 4.15. The molecule has 0 saturated heterocycles. The molecule has 0 radical (unpaired) electrons. The summed E-state index contributed by atoms with van der Waals surface area (Å²) in [5.74, 6) is 0.510. The number of carbonyl (C=O) groups excluding carboxylic acids is 1. The van der Waals surface area contributed by atoms with E-state index in [2.05, 4.69) is 10.9 Å². The van der Waals surface area contributed by atoms with Gasteiger partial charge in [0.15, 0.2) is 0 Å². The van der Waals surface area contributed by atoms with Crippen LogP contribution in [0.5, 0.6) is 5.75 Å². The predicted molar refractivity (Wildman–Crippen MR) is 79.8 cm³/mol. The van der Waals surface area contributed by atoms with Crippen molar-refractivity contribution >= 4 is 6.09 Å². The number of amides is 1. The van der Waals surface area contributed by atoms with Gasteiger partial charge in [0.25, 0.3) is 0 Å². The summed E-state index contributed by atoms with van der Waals surface area (Å²) in [5.41, 5.74) is 5.28. The third-order valence-corrected chi connectivity index (χ3v) is 2.40. The molecule has 116 valence electrons. The van der Waals surface area contributed by atoms with Crippen LogP contribution in [0.3, 0.4) is 0 Å². The van der Waals surface area contributed by atoms with Gasteiger partial charge in [0.05, 0.1) is 6.61 Å². The van der Waals surface area contributed by atoms with Crippen LogP contribution in [0.4, 0.5) is 4.79 Å². The largest absolute Gasteiger partial charge is 0.427 e. The Labute approximate surface area is 125 Å². The first-order valence-electron chi connectivity index (χ1n) is 6.80. The maximum absolute atomic E-state index is 11.4. The molecule has 0 aliphatic rings. The van der Waals surface area contributed by atoms with Crippen molar-refractivity contribution < 1.29 is 19.0 Å². The Bertz CT molecular complexity index is 409. The second-order valence-electron chi connectivity index (χ2n) is 4.15. The lowest BCUT2D eigenvalue weighted by Gasteiger charge is -2.07. The van der Waals surface area contributed by atoms with E-state index in [9.17, 15) is 4.79 Å². The fourth-order valence-corrected chi connectivity index (χ4v) is 1.45. The number of hydrazine groups is 1. The van der Waals surface area contributed by atoms with Crippen molar-refractivity contribution in [3.8, 4) is 5.75 Å². The normalized spacial score (nSPS) is 10.7. The number of unbranched alkanes of at least 4 members (excludes halogenated alkanes) is 1. The zero-order chi connectivity index (χ0) is 15.2. The summed E-state index contributed by atoms with van der Waals surface area (Å²) in [7, 11) is 1.59. The Balaban J connectivity index is 1.95. The summed E-state index contributed by atoms with van der Waals surface area (Å²) in [6.45, 7) is 1.51. The Hall–Kier alpha value is -1.89. The molecule has 0 fully saturated rings. The van der Waals surface area contributed by atoms with E-state index in [4.69, 9.17) is 14.2 Å². The Morgan fingerprint density at radius 1 is 1.24 bits per heavy atom. The number of ether oxygens (including phenoxy) is 3. The van der Waals surface area contributed by atoms with Gasteiger partial charge in [-0.25, -0.2) is 10.2 Å². The number of methoxy groups -OCH3 is 1. The summed E-state index contributed by atoms with van der Waals surface area (Å²) in [4.78, 5) is 11.4. The minimum Gasteiger partial charge on any atom is -0.409 e. The number of benzene rings is 1. The van der Waals surface area contributed by atoms with Crippen molar-refractivity contribution in [3.05, 3.63) is 42.5 Å². The molecule has 0 heterocycles. The lowest BCUT2D eigenvalue weighted by molar-refractivity contribution is -0.0186. The first-order chi connectivity index (χ1) is 10.3. The first-order valence-corrected chi connectivity index (χ1v) is 6.80. The SMILES string of the molecule is COCOC/C=C/CCCNNC(=O)Oc1ccccc1. The number of hydrogen-bond donors (Lipinski definition) is 2. The highest BCUT2D eigenvalue weighted by Crippen LogP contribution is 2.07. The minimum absolute atomic E-state index is 0.305. The number of hydrogen-bond acceptors (Lipinski definition) is 5. The molecule has 6 nitrogen and oxygen atoms in total. The summed E-state index contributed by atoms with van der Waals surface area (Å²) >= 11 is 0. The van der Waals surface area contributed by atoms with Gasteiger partial charge in [-0.3, -0.25) is 5.43 Å². The topological polar surface area (TPSA) is 68.8 Å². The molecule has 0 unspecified atom stereocenters. The Kier molecular flexibility index (Phi) is 9.72. The van der Waals surface area contributed by atoms with E-state index in [0.717, 1.165) is 12.8 Å². The molecular formula is C15H22N2O4. The molecule has 1 amide bonds. The molecule has 0 bridgehead atoms. The average molecular weight is 294 g/mol. The van der Waals surface area contributed by atoms with Crippen LogP contribution >= 0.6 is 0 Å². The molecule has 0 aromatic heterocycles. The highest BCUT2D eigenvalue weighted by molar-refractivity contribution is 5.69. The fourth-order valence-electron chi connectivity index (χ4n) is 1.45. The molecule has 0 aliphatic heterocycles. The zero-order valence-electron chi connectivity index (χ0n) is 12.2. The molecule has 0 spiro atoms. The van der Waals surface area contributed by atoms with Gasteiger partial charge in [0.2, 0.25) is 0 Å². The van der Waals surface area contributed by atoms with Crippen molar-refractivity contribution in [1.82, 2.24) is 10.9 Å². The third-order valence-electron chi connectivity index (χ3n) is 2.40. The van der Waals surface area contributed by atoms with E-state index in [1.54, 1.807) is 31.4 Å². The molecule has 0 saturated carbocycles. The lowest BCUT2D eigenvalue weighted by atomic mass is 10.3. The lowest BCUT2D eigenvalue weighted by Crippen LogP contribution is -2.39. The Morgan fingerprint density at radius 3 is 2.81 bits per heavy atom. The fraction of sp³-hybridized carbons (Fsp3) is 0.400. The van der Waals surface area contributed by atoms with Gasteiger partial charge in [0.1, 0.15) is 12.5 Å². The van der Waals surface area contributed by atoms with Crippen LogP contribution in [-0.4, -0.2) is 33.1 Å². The Morgan fingerprint density at radius 2 is 2.05 bits per heavy atom. The van der Waals surface area contributed by atoms with E-state index in [-0.39, 0.29) is 0 Å². The molecule has 1 aromatic carbocycles. The van der Waals surface area contributed by atoms with Crippen LogP contribution in [0, 0.1) is 0 Å². The van der Waals surface area contributed by atoms with E-state index in [1.807, 2.05) is 18.2 Å². The first kappa shape index (κ1) is 17.2. The van der Waals surface area contributed by atoms with E-state index < -0.39 is 6.09 Å². The van der Waals surface area contributed by atoms with Crippen LogP contribution in [0.15, 0.2) is 42.5 Å². The summed E-state index contributed by atoms with van der Waals surface area (Å²) in [6, 6.07) is 8.90. The van der Waals surface area contributed by atoms with E-state index in [0.29, 0.717) is 25.7 Å². The van der Waals surface area contributed by atoms with Gasteiger partial charge in [0, 0.05) is 13.7 Å². The number of allylic oxidation sites excluding steroid dienone is 1. The zero-order valence-corrected chi connectivity index (χ0v) is 12.2. The molecule has 0 aliphatic carbocycles. The smallest absolute Gasteiger partial charge is 0.409 e. The molecule has 6 heteroatoms. The standard InChI is InChI=1S/C15H22N2O4/c1-19-13-20-12-8-3-2-7-11-16-17-15(18)21-14-9-5-4-6-10-14/h3-6,8-10,16H,2,7,11-13H2,1H3,(H,17,18)/b8-3+. The van der Waals surface area contributed by atoms with Crippen molar-refractivity contribution in [2.75, 3.05) is 27.1 Å². The van der Waals surface area contributed by atoms with Gasteiger partial charge in [-0.15, -0.1) is 0 Å². The highest BCUT2D eigenvalue weighted by atomic mass is 16.7. The summed E-state index contributed by atoms with van der Waals surface area (Å²) in [5, 5.41) is 0. The quantitative estimate of drug-likeness (QED) is 0.300. The summed E-state index contributed by atoms with van der Waals surface area (Å²) in [6.07, 6.45) is 5.24. The molecule has 1 aromatic rings. The highest BCUT2D eigenvalue weighted by Gasteiger charge is 2.01. The second kappa shape index (κ2) is 11.9. The number of nitrogens with one attached hydrogen (secondary N) is 2. The monoisotopic (exact) mass is 294 g/mol. The van der Waals surface area contributed by atoms with Gasteiger partial charge < -0.3 is 14.2 Å². The van der Waals surface area contributed by atoms with Gasteiger partial charge in [-0.1, -0.05) is 30.4 Å². The van der Waals surface area contributed by atoms with Crippen molar-refractivity contribution in [1.29, 1.82) is 0 Å². The molecule has 2 N–H and O–H groups in total. The van der Waals surface area contributed by atoms with Crippen LogP contribution in [0.2, 0.25) is 0 Å². The maximum Gasteiger partial charge on any atom is 0.427 e. The molecular weight excluding hydrogens is 272 g/mol. The minimum atomic E-state index is -0.523. The van der Waals surface area contributed by atoms with Crippen molar-refractivity contribution in [3.63, 3.8) is 0 Å². The summed E-state index contributed by atoms with van der Waals surface area (Å²) < 4.78 is 14.9. The average Bonchev–Trinajstić information content (AvgIpc) is 2.50. The van der Waals surface area contributed by atoms with Crippen LogP contribution in [-0.2, 0) is 9.47 Å².